The van der Waals surface area contributed by atoms with Crippen LogP contribution in [-0.4, -0.2) is 44.9 Å². The molecule has 2 bridgehead atoms. The van der Waals surface area contributed by atoms with Crippen molar-refractivity contribution in [3.63, 3.8) is 0 Å². The van der Waals surface area contributed by atoms with E-state index in [9.17, 15) is 4.79 Å². The van der Waals surface area contributed by atoms with Crippen molar-refractivity contribution in [2.24, 2.45) is 5.41 Å². The van der Waals surface area contributed by atoms with Gasteiger partial charge in [0.15, 0.2) is 0 Å². The number of fused-ring (bicyclic) bond motifs is 1. The van der Waals surface area contributed by atoms with Gasteiger partial charge in [0.25, 0.3) is 5.91 Å². The molecule has 3 aliphatic rings. The second kappa shape index (κ2) is 6.96. The monoisotopic (exact) mass is 376 g/mol. The second-order valence-electron chi connectivity index (χ2n) is 8.88. The number of hydrogen-bond donors (Lipinski definition) is 1. The van der Waals surface area contributed by atoms with Crippen LogP contribution in [0.5, 0.6) is 0 Å². The number of likely N-dealkylation sites (tertiary alicyclic amines) is 1. The first kappa shape index (κ1) is 17.8. The van der Waals surface area contributed by atoms with Gasteiger partial charge in [0.05, 0.1) is 0 Å². The van der Waals surface area contributed by atoms with E-state index in [0.29, 0.717) is 11.9 Å². The highest BCUT2D eigenvalue weighted by Crippen LogP contribution is 2.52. The predicted octanol–water partition coefficient (Wildman–Crippen LogP) is 3.22. The Morgan fingerprint density at radius 2 is 1.89 bits per heavy atom. The number of carbonyl (C=O) groups excluding carboxylic acids is 1. The van der Waals surface area contributed by atoms with Gasteiger partial charge < -0.3 is 10.2 Å². The molecular formula is C23H28N4O. The zero-order chi connectivity index (χ0) is 19.1. The first-order chi connectivity index (χ1) is 13.7. The summed E-state index contributed by atoms with van der Waals surface area (Å²) in [5.74, 6) is 0.333. The minimum absolute atomic E-state index is 0.00161. The van der Waals surface area contributed by atoms with Crippen LogP contribution in [0.15, 0.2) is 48.8 Å². The summed E-state index contributed by atoms with van der Waals surface area (Å²) in [6.07, 6.45) is 10.1. The average Bonchev–Trinajstić information content (AvgIpc) is 2.88. The van der Waals surface area contributed by atoms with Gasteiger partial charge >= 0.3 is 0 Å². The summed E-state index contributed by atoms with van der Waals surface area (Å²) in [5.41, 5.74) is 1.46. The Labute approximate surface area is 166 Å². The highest BCUT2D eigenvalue weighted by atomic mass is 16.2. The van der Waals surface area contributed by atoms with Crippen LogP contribution in [0.1, 0.15) is 55.2 Å². The Hall–Kier alpha value is -2.27. The Bertz CT molecular complexity index is 842. The molecule has 2 aliphatic heterocycles. The van der Waals surface area contributed by atoms with Crippen molar-refractivity contribution in [3.05, 3.63) is 60.2 Å². The van der Waals surface area contributed by atoms with Crippen molar-refractivity contribution in [2.75, 3.05) is 0 Å². The molecular weight excluding hydrogens is 348 g/mol. The van der Waals surface area contributed by atoms with Gasteiger partial charge in [-0.25, -0.2) is 9.97 Å². The zero-order valence-electron chi connectivity index (χ0n) is 16.4. The molecule has 146 valence electrons. The van der Waals surface area contributed by atoms with Crippen molar-refractivity contribution in [3.8, 4) is 0 Å². The molecule has 3 fully saturated rings. The minimum atomic E-state index is 0.00161. The van der Waals surface area contributed by atoms with Gasteiger partial charge in [-0.3, -0.25) is 4.79 Å². The SMILES string of the molecule is C[C@@]12C[C@H]3[C@@H](Cc4ccccc4)N[C@@H]1CCCC[C@@H]2N3C(=O)c1ncccn1. The molecule has 1 aromatic heterocycles. The first-order valence-corrected chi connectivity index (χ1v) is 10.6. The molecule has 1 aliphatic carbocycles. The van der Waals surface area contributed by atoms with Crippen LogP contribution in [0.3, 0.4) is 0 Å². The fraction of sp³-hybridized carbons (Fsp3) is 0.522. The molecule has 3 heterocycles. The largest absolute Gasteiger partial charge is 0.328 e. The number of hydrogen-bond acceptors (Lipinski definition) is 4. The van der Waals surface area contributed by atoms with Gasteiger partial charge in [-0.1, -0.05) is 50.1 Å². The molecule has 1 aromatic carbocycles. The molecule has 0 radical (unpaired) electrons. The topological polar surface area (TPSA) is 58.1 Å². The summed E-state index contributed by atoms with van der Waals surface area (Å²) in [6.45, 7) is 2.39. The van der Waals surface area contributed by atoms with Gasteiger partial charge in [0.1, 0.15) is 0 Å². The number of nitrogens with one attached hydrogen (secondary N) is 1. The highest BCUT2D eigenvalue weighted by molar-refractivity contribution is 5.91. The second-order valence-corrected chi connectivity index (χ2v) is 8.88. The molecule has 28 heavy (non-hydrogen) atoms. The molecule has 0 spiro atoms. The molecule has 0 unspecified atom stereocenters. The lowest BCUT2D eigenvalue weighted by Gasteiger charge is -2.43. The van der Waals surface area contributed by atoms with E-state index in [1.165, 1.54) is 24.8 Å². The molecule has 2 aromatic rings. The molecule has 5 atom stereocenters. The van der Waals surface area contributed by atoms with Crippen LogP contribution >= 0.6 is 0 Å². The molecule has 1 amide bonds. The smallest absolute Gasteiger partial charge is 0.292 e. The van der Waals surface area contributed by atoms with E-state index < -0.39 is 0 Å². The summed E-state index contributed by atoms with van der Waals surface area (Å²) >= 11 is 0. The number of piperidine rings is 1. The third-order valence-electron chi connectivity index (χ3n) is 7.29. The normalized spacial score (nSPS) is 34.1. The van der Waals surface area contributed by atoms with E-state index in [4.69, 9.17) is 0 Å². The van der Waals surface area contributed by atoms with Gasteiger partial charge in [-0.05, 0) is 37.3 Å². The fourth-order valence-corrected chi connectivity index (χ4v) is 5.95. The maximum absolute atomic E-state index is 13.5. The standard InChI is InChI=1S/C23H28N4O/c1-23-15-18-17(14-16-8-3-2-4-9-16)26-19(23)10-5-6-11-20(23)27(18)22(28)21-24-12-7-13-25-21/h2-4,7-9,12-13,17-20,26H,5-6,10-11,14-15H2,1H3/t17-,18+,19-,20+,23-/m1/s1. The van der Waals surface area contributed by atoms with Crippen LogP contribution in [0.4, 0.5) is 0 Å². The van der Waals surface area contributed by atoms with Crippen molar-refractivity contribution in [2.45, 2.75) is 69.6 Å². The van der Waals surface area contributed by atoms with E-state index in [1.807, 2.05) is 0 Å². The lowest BCUT2D eigenvalue weighted by atomic mass is 9.70. The lowest BCUT2D eigenvalue weighted by Crippen LogP contribution is -2.57. The van der Waals surface area contributed by atoms with Gasteiger partial charge in [0, 0.05) is 42.0 Å². The Balaban J connectivity index is 1.52. The molecule has 5 nitrogen and oxygen atoms in total. The Morgan fingerprint density at radius 3 is 2.68 bits per heavy atom. The number of carbonyl (C=O) groups is 1. The van der Waals surface area contributed by atoms with E-state index in [0.717, 1.165) is 19.3 Å². The maximum atomic E-state index is 13.5. The molecule has 5 heteroatoms. The Morgan fingerprint density at radius 1 is 1.14 bits per heavy atom. The average molecular weight is 377 g/mol. The fourth-order valence-electron chi connectivity index (χ4n) is 5.95. The zero-order valence-corrected chi connectivity index (χ0v) is 16.4. The molecule has 1 N–H and O–H groups in total. The summed E-state index contributed by atoms with van der Waals surface area (Å²) in [7, 11) is 0. The van der Waals surface area contributed by atoms with Crippen LogP contribution in [0.2, 0.25) is 0 Å². The van der Waals surface area contributed by atoms with Crippen molar-refractivity contribution >= 4 is 5.91 Å². The summed E-state index contributed by atoms with van der Waals surface area (Å²) in [5, 5.41) is 3.98. The van der Waals surface area contributed by atoms with Gasteiger partial charge in [-0.15, -0.1) is 0 Å². The van der Waals surface area contributed by atoms with Crippen molar-refractivity contribution in [1.82, 2.24) is 20.2 Å². The molecule has 2 saturated heterocycles. The van der Waals surface area contributed by atoms with Crippen LogP contribution in [0, 0.1) is 5.41 Å². The van der Waals surface area contributed by atoms with Crippen LogP contribution in [0.25, 0.3) is 0 Å². The van der Waals surface area contributed by atoms with Gasteiger partial charge in [0.2, 0.25) is 5.82 Å². The predicted molar refractivity (Wildman–Crippen MR) is 108 cm³/mol. The number of benzene rings is 1. The van der Waals surface area contributed by atoms with Crippen LogP contribution in [-0.2, 0) is 6.42 Å². The molecule has 5 rings (SSSR count). The number of nitrogens with zero attached hydrogens (tertiary/aromatic N) is 3. The van der Waals surface area contributed by atoms with Gasteiger partial charge in [-0.2, -0.15) is 0 Å². The van der Waals surface area contributed by atoms with Crippen LogP contribution < -0.4 is 5.32 Å². The number of rotatable bonds is 3. The van der Waals surface area contributed by atoms with Crippen molar-refractivity contribution < 1.29 is 4.79 Å². The quantitative estimate of drug-likeness (QED) is 0.894. The molecule has 1 saturated carbocycles. The van der Waals surface area contributed by atoms with E-state index in [-0.39, 0.29) is 29.4 Å². The first-order valence-electron chi connectivity index (χ1n) is 10.6. The van der Waals surface area contributed by atoms with E-state index >= 15 is 0 Å². The summed E-state index contributed by atoms with van der Waals surface area (Å²) in [6, 6.07) is 13.6. The van der Waals surface area contributed by atoms with E-state index in [2.05, 4.69) is 57.4 Å². The highest BCUT2D eigenvalue weighted by Gasteiger charge is 2.60. The maximum Gasteiger partial charge on any atom is 0.292 e. The third-order valence-corrected chi connectivity index (χ3v) is 7.29. The number of amides is 1. The summed E-state index contributed by atoms with van der Waals surface area (Å²) in [4.78, 5) is 24.2. The third kappa shape index (κ3) is 2.84. The lowest BCUT2D eigenvalue weighted by molar-refractivity contribution is 0.0599. The Kier molecular flexibility index (Phi) is 4.43. The minimum Gasteiger partial charge on any atom is -0.328 e. The van der Waals surface area contributed by atoms with Crippen molar-refractivity contribution in [1.29, 1.82) is 0 Å². The number of aromatic nitrogens is 2. The van der Waals surface area contributed by atoms with E-state index in [1.54, 1.807) is 18.5 Å². The summed E-state index contributed by atoms with van der Waals surface area (Å²) < 4.78 is 0.